The predicted octanol–water partition coefficient (Wildman–Crippen LogP) is 7.17. The van der Waals surface area contributed by atoms with Crippen molar-refractivity contribution in [2.45, 2.75) is 20.5 Å². The van der Waals surface area contributed by atoms with E-state index in [2.05, 4.69) is 16.4 Å². The van der Waals surface area contributed by atoms with E-state index in [1.807, 2.05) is 50.2 Å². The second-order valence-corrected chi connectivity index (χ2v) is 9.29. The van der Waals surface area contributed by atoms with Crippen LogP contribution < -0.4 is 14.8 Å². The van der Waals surface area contributed by atoms with Crippen LogP contribution in [0.5, 0.6) is 11.5 Å². The zero-order valence-electron chi connectivity index (χ0n) is 18.6. The Hall–Kier alpha value is -2.93. The predicted molar refractivity (Wildman–Crippen MR) is 140 cm³/mol. The summed E-state index contributed by atoms with van der Waals surface area (Å²) in [7, 11) is 0. The van der Waals surface area contributed by atoms with Gasteiger partial charge in [0.25, 0.3) is 5.91 Å². The number of rotatable bonds is 7. The number of aliphatic imine (C=N–C) groups is 1. The third-order valence-electron chi connectivity index (χ3n) is 4.85. The molecule has 5 nitrogen and oxygen atoms in total. The van der Waals surface area contributed by atoms with Gasteiger partial charge in [-0.25, -0.2) is 4.99 Å². The first kappa shape index (κ1) is 24.2. The highest BCUT2D eigenvalue weighted by Crippen LogP contribution is 2.35. The average molecular weight is 513 g/mol. The standard InChI is InChI=1S/C26H22Cl2N2O3S/c1-3-32-22-13-17(10-11-21(22)33-15-18-7-4-6-16(2)12-18)14-23-25(31)30-26(34-23)29-20-9-5-8-19(27)24(20)28/h4-14H,3,15H2,1-2H3,(H,29,30,31)/b23-14-. The summed E-state index contributed by atoms with van der Waals surface area (Å²) in [6.07, 6.45) is 1.79. The normalized spacial score (nSPS) is 15.6. The molecular formula is C26H22Cl2N2O3S. The van der Waals surface area contributed by atoms with Crippen molar-refractivity contribution in [3.8, 4) is 11.5 Å². The van der Waals surface area contributed by atoms with Crippen LogP contribution >= 0.6 is 35.0 Å². The molecule has 3 aromatic carbocycles. The molecule has 0 bridgehead atoms. The number of carbonyl (C=O) groups is 1. The fourth-order valence-corrected chi connectivity index (χ4v) is 4.46. The number of nitrogens with zero attached hydrogens (tertiary/aromatic N) is 1. The van der Waals surface area contributed by atoms with E-state index in [1.54, 1.807) is 24.3 Å². The van der Waals surface area contributed by atoms with Crippen LogP contribution in [-0.4, -0.2) is 17.7 Å². The minimum Gasteiger partial charge on any atom is -0.490 e. The largest absolute Gasteiger partial charge is 0.490 e. The van der Waals surface area contributed by atoms with Crippen LogP contribution in [-0.2, 0) is 11.4 Å². The minimum absolute atomic E-state index is 0.236. The molecule has 0 unspecified atom stereocenters. The fraction of sp³-hybridized carbons (Fsp3) is 0.154. The Morgan fingerprint density at radius 2 is 1.85 bits per heavy atom. The molecule has 1 N–H and O–H groups in total. The van der Waals surface area contributed by atoms with Crippen LogP contribution in [0, 0.1) is 6.92 Å². The molecule has 1 aliphatic heterocycles. The maximum atomic E-state index is 12.5. The quantitative estimate of drug-likeness (QED) is 0.340. The molecule has 1 heterocycles. The monoisotopic (exact) mass is 512 g/mol. The Morgan fingerprint density at radius 3 is 2.65 bits per heavy atom. The van der Waals surface area contributed by atoms with Gasteiger partial charge in [-0.1, -0.05) is 65.2 Å². The lowest BCUT2D eigenvalue weighted by Crippen LogP contribution is -2.19. The Labute approximate surface area is 212 Å². The molecule has 0 aromatic heterocycles. The number of nitrogens with one attached hydrogen (secondary N) is 1. The van der Waals surface area contributed by atoms with E-state index in [4.69, 9.17) is 32.7 Å². The topological polar surface area (TPSA) is 59.9 Å². The van der Waals surface area contributed by atoms with Crippen molar-refractivity contribution in [3.05, 3.63) is 92.3 Å². The third kappa shape index (κ3) is 5.95. The zero-order valence-corrected chi connectivity index (χ0v) is 20.9. The van der Waals surface area contributed by atoms with Crippen molar-refractivity contribution < 1.29 is 14.3 Å². The molecule has 174 valence electrons. The van der Waals surface area contributed by atoms with Crippen LogP contribution in [0.15, 0.2) is 70.6 Å². The maximum Gasteiger partial charge on any atom is 0.264 e. The molecule has 1 saturated heterocycles. The smallest absolute Gasteiger partial charge is 0.264 e. The van der Waals surface area contributed by atoms with Gasteiger partial charge in [0.2, 0.25) is 0 Å². The highest BCUT2D eigenvalue weighted by molar-refractivity contribution is 8.18. The number of carbonyl (C=O) groups excluding carboxylic acids is 1. The average Bonchev–Trinajstić information content (AvgIpc) is 3.15. The summed E-state index contributed by atoms with van der Waals surface area (Å²) in [6, 6.07) is 18.9. The van der Waals surface area contributed by atoms with Gasteiger partial charge in [0.1, 0.15) is 6.61 Å². The number of amides is 1. The molecule has 4 rings (SSSR count). The number of hydrogen-bond donors (Lipinski definition) is 1. The van der Waals surface area contributed by atoms with Crippen molar-refractivity contribution in [2.75, 3.05) is 6.61 Å². The molecule has 1 fully saturated rings. The Morgan fingerprint density at radius 1 is 1.03 bits per heavy atom. The summed E-state index contributed by atoms with van der Waals surface area (Å²) in [6.45, 7) is 4.90. The molecule has 1 amide bonds. The first-order valence-electron chi connectivity index (χ1n) is 10.6. The molecule has 0 spiro atoms. The summed E-state index contributed by atoms with van der Waals surface area (Å²) in [5.41, 5.74) is 3.57. The van der Waals surface area contributed by atoms with Crippen LogP contribution in [0.25, 0.3) is 6.08 Å². The summed E-state index contributed by atoms with van der Waals surface area (Å²) >= 11 is 13.5. The van der Waals surface area contributed by atoms with Gasteiger partial charge in [-0.2, -0.15) is 0 Å². The first-order valence-corrected chi connectivity index (χ1v) is 12.2. The molecule has 3 aromatic rings. The summed E-state index contributed by atoms with van der Waals surface area (Å²) < 4.78 is 11.8. The van der Waals surface area contributed by atoms with Crippen LogP contribution in [0.2, 0.25) is 10.0 Å². The molecule has 0 atom stereocenters. The molecule has 8 heteroatoms. The number of benzene rings is 3. The van der Waals surface area contributed by atoms with E-state index >= 15 is 0 Å². The van der Waals surface area contributed by atoms with Gasteiger partial charge in [0.15, 0.2) is 16.7 Å². The zero-order chi connectivity index (χ0) is 24.1. The van der Waals surface area contributed by atoms with Gasteiger partial charge in [-0.3, -0.25) is 4.79 Å². The Kier molecular flexibility index (Phi) is 7.83. The molecule has 1 aliphatic rings. The molecule has 0 aliphatic carbocycles. The number of aryl methyl sites for hydroxylation is 1. The molecule has 34 heavy (non-hydrogen) atoms. The van der Waals surface area contributed by atoms with Crippen LogP contribution in [0.3, 0.4) is 0 Å². The molecular weight excluding hydrogens is 491 g/mol. The van der Waals surface area contributed by atoms with Gasteiger partial charge in [0.05, 0.1) is 27.2 Å². The van der Waals surface area contributed by atoms with E-state index in [0.29, 0.717) is 50.5 Å². The Balaban J connectivity index is 1.52. The summed E-state index contributed by atoms with van der Waals surface area (Å²) in [4.78, 5) is 17.4. The number of ether oxygens (including phenoxy) is 2. The Bertz CT molecular complexity index is 1290. The van der Waals surface area contributed by atoms with Gasteiger partial charge in [0, 0.05) is 0 Å². The second kappa shape index (κ2) is 11.0. The first-order chi connectivity index (χ1) is 16.4. The highest BCUT2D eigenvalue weighted by Gasteiger charge is 2.24. The van der Waals surface area contributed by atoms with Gasteiger partial charge in [-0.05, 0) is 67.1 Å². The highest BCUT2D eigenvalue weighted by atomic mass is 35.5. The number of thioether (sulfide) groups is 1. The van der Waals surface area contributed by atoms with E-state index in [9.17, 15) is 4.79 Å². The fourth-order valence-electron chi connectivity index (χ4n) is 3.29. The van der Waals surface area contributed by atoms with Crippen LogP contribution in [0.4, 0.5) is 5.69 Å². The van der Waals surface area contributed by atoms with Gasteiger partial charge in [-0.15, -0.1) is 0 Å². The third-order valence-corrected chi connectivity index (χ3v) is 6.57. The lowest BCUT2D eigenvalue weighted by Gasteiger charge is -2.13. The van der Waals surface area contributed by atoms with Crippen molar-refractivity contribution in [1.29, 1.82) is 0 Å². The van der Waals surface area contributed by atoms with Crippen molar-refractivity contribution in [2.24, 2.45) is 4.99 Å². The van der Waals surface area contributed by atoms with E-state index < -0.39 is 0 Å². The number of hydrogen-bond acceptors (Lipinski definition) is 5. The molecule has 0 saturated carbocycles. The number of halogens is 2. The minimum atomic E-state index is -0.236. The van der Waals surface area contributed by atoms with E-state index in [0.717, 1.165) is 11.1 Å². The van der Waals surface area contributed by atoms with Gasteiger partial charge < -0.3 is 14.8 Å². The van der Waals surface area contributed by atoms with Crippen LogP contribution in [0.1, 0.15) is 23.6 Å². The summed E-state index contributed by atoms with van der Waals surface area (Å²) in [5.74, 6) is 1.03. The van der Waals surface area contributed by atoms with Gasteiger partial charge >= 0.3 is 0 Å². The lowest BCUT2D eigenvalue weighted by atomic mass is 10.1. The van der Waals surface area contributed by atoms with Crippen molar-refractivity contribution in [1.82, 2.24) is 5.32 Å². The molecule has 0 radical (unpaired) electrons. The van der Waals surface area contributed by atoms with Crippen molar-refractivity contribution >= 4 is 57.8 Å². The second-order valence-electron chi connectivity index (χ2n) is 7.47. The van der Waals surface area contributed by atoms with Crippen molar-refractivity contribution in [3.63, 3.8) is 0 Å². The SMILES string of the molecule is CCOc1cc(/C=C2\SC(=Nc3cccc(Cl)c3Cl)NC2=O)ccc1OCc1cccc(C)c1. The maximum absolute atomic E-state index is 12.5. The van der Waals surface area contributed by atoms with E-state index in [1.165, 1.54) is 17.3 Å². The lowest BCUT2D eigenvalue weighted by molar-refractivity contribution is -0.115. The van der Waals surface area contributed by atoms with E-state index in [-0.39, 0.29) is 5.91 Å². The summed E-state index contributed by atoms with van der Waals surface area (Å²) in [5, 5.41) is 3.94. The number of amidine groups is 1.